The molecule has 1 atom stereocenters. The Morgan fingerprint density at radius 3 is 2.58 bits per heavy atom. The van der Waals surface area contributed by atoms with Crippen LogP contribution < -0.4 is 5.32 Å². The Bertz CT molecular complexity index is 364. The van der Waals surface area contributed by atoms with Crippen LogP contribution in [-0.4, -0.2) is 37.6 Å². The Morgan fingerprint density at radius 2 is 2.11 bits per heavy atom. The topological polar surface area (TPSA) is 28.4 Å². The molecule has 1 saturated carbocycles. The van der Waals surface area contributed by atoms with Crippen molar-refractivity contribution >= 4 is 0 Å². The second kappa shape index (κ2) is 6.10. The van der Waals surface area contributed by atoms with Crippen LogP contribution in [0.25, 0.3) is 0 Å². The first-order valence-corrected chi connectivity index (χ1v) is 7.44. The lowest BCUT2D eigenvalue weighted by Crippen LogP contribution is -2.60. The van der Waals surface area contributed by atoms with E-state index < -0.39 is 0 Å². The largest absolute Gasteiger partial charge is 0.472 e. The summed E-state index contributed by atoms with van der Waals surface area (Å²) in [7, 11) is 6.55. The molecule has 1 aliphatic rings. The number of hydrogen-bond donors (Lipinski definition) is 1. The van der Waals surface area contributed by atoms with E-state index in [-0.39, 0.29) is 5.54 Å². The molecule has 0 radical (unpaired) electrons. The lowest BCUT2D eigenvalue weighted by Gasteiger charge is -2.49. The van der Waals surface area contributed by atoms with Crippen molar-refractivity contribution < 1.29 is 4.42 Å². The second-order valence-corrected chi connectivity index (χ2v) is 6.36. The van der Waals surface area contributed by atoms with Crippen molar-refractivity contribution in [2.24, 2.45) is 5.92 Å². The minimum atomic E-state index is 0.276. The molecule has 1 aliphatic carbocycles. The van der Waals surface area contributed by atoms with Crippen LogP contribution in [-0.2, 0) is 6.42 Å². The Morgan fingerprint density at radius 1 is 1.42 bits per heavy atom. The minimum Gasteiger partial charge on any atom is -0.472 e. The molecule has 0 aliphatic heterocycles. The zero-order chi connectivity index (χ0) is 13.9. The van der Waals surface area contributed by atoms with Crippen molar-refractivity contribution in [2.75, 3.05) is 21.1 Å². The third-order valence-corrected chi connectivity index (χ3v) is 5.05. The summed E-state index contributed by atoms with van der Waals surface area (Å²) in [6, 6.07) is 2.56. The van der Waals surface area contributed by atoms with Crippen molar-refractivity contribution in [1.82, 2.24) is 10.2 Å². The summed E-state index contributed by atoms with van der Waals surface area (Å²) in [6.45, 7) is 2.38. The van der Waals surface area contributed by atoms with E-state index >= 15 is 0 Å². The van der Waals surface area contributed by atoms with E-state index in [2.05, 4.69) is 44.3 Å². The molecule has 0 saturated heterocycles. The second-order valence-electron chi connectivity index (χ2n) is 6.36. The van der Waals surface area contributed by atoms with Crippen molar-refractivity contribution in [3.8, 4) is 0 Å². The molecule has 1 N–H and O–H groups in total. The van der Waals surface area contributed by atoms with E-state index in [4.69, 9.17) is 4.42 Å². The van der Waals surface area contributed by atoms with Crippen LogP contribution in [0.4, 0.5) is 0 Å². The van der Waals surface area contributed by atoms with Crippen LogP contribution in [0, 0.1) is 5.92 Å². The van der Waals surface area contributed by atoms with Crippen LogP contribution in [0.1, 0.15) is 38.2 Å². The smallest absolute Gasteiger partial charge is 0.0935 e. The zero-order valence-corrected chi connectivity index (χ0v) is 12.8. The Kier molecular flexibility index (Phi) is 4.69. The van der Waals surface area contributed by atoms with E-state index in [1.807, 2.05) is 6.26 Å². The van der Waals surface area contributed by atoms with Gasteiger partial charge in [-0.05, 0) is 70.8 Å². The number of likely N-dealkylation sites (N-methyl/N-ethyl adjacent to an activating group) is 2. The van der Waals surface area contributed by atoms with Gasteiger partial charge in [0.25, 0.3) is 0 Å². The van der Waals surface area contributed by atoms with Gasteiger partial charge in [-0.1, -0.05) is 6.92 Å². The van der Waals surface area contributed by atoms with E-state index in [0.29, 0.717) is 6.04 Å². The van der Waals surface area contributed by atoms with Crippen LogP contribution in [0.15, 0.2) is 23.0 Å². The van der Waals surface area contributed by atoms with E-state index in [0.717, 1.165) is 12.3 Å². The maximum Gasteiger partial charge on any atom is 0.0935 e. The van der Waals surface area contributed by atoms with Crippen LogP contribution in [0.5, 0.6) is 0 Å². The monoisotopic (exact) mass is 264 g/mol. The van der Waals surface area contributed by atoms with Crippen molar-refractivity contribution in [2.45, 2.75) is 50.6 Å². The van der Waals surface area contributed by atoms with Gasteiger partial charge in [0.1, 0.15) is 0 Å². The van der Waals surface area contributed by atoms with Crippen molar-refractivity contribution in [1.29, 1.82) is 0 Å². The first-order chi connectivity index (χ1) is 9.08. The van der Waals surface area contributed by atoms with E-state index in [1.165, 1.54) is 31.2 Å². The van der Waals surface area contributed by atoms with Crippen LogP contribution in [0.3, 0.4) is 0 Å². The fourth-order valence-corrected chi connectivity index (χ4v) is 3.57. The first kappa shape index (κ1) is 14.6. The van der Waals surface area contributed by atoms with E-state index in [1.54, 1.807) is 6.26 Å². The van der Waals surface area contributed by atoms with Gasteiger partial charge in [0.05, 0.1) is 12.5 Å². The lowest BCUT2D eigenvalue weighted by atomic mass is 9.71. The highest BCUT2D eigenvalue weighted by atomic mass is 16.3. The fourth-order valence-electron chi connectivity index (χ4n) is 3.57. The molecule has 0 spiro atoms. The molecule has 1 aromatic rings. The average Bonchev–Trinajstić information content (AvgIpc) is 2.90. The summed E-state index contributed by atoms with van der Waals surface area (Å²) >= 11 is 0. The number of furan rings is 1. The Labute approximate surface area is 117 Å². The quantitative estimate of drug-likeness (QED) is 0.886. The van der Waals surface area contributed by atoms with Crippen LogP contribution >= 0.6 is 0 Å². The predicted molar refractivity (Wildman–Crippen MR) is 79.3 cm³/mol. The van der Waals surface area contributed by atoms with Crippen molar-refractivity contribution in [3.05, 3.63) is 24.2 Å². The minimum absolute atomic E-state index is 0.276. The van der Waals surface area contributed by atoms with Gasteiger partial charge < -0.3 is 14.6 Å². The zero-order valence-electron chi connectivity index (χ0n) is 12.8. The SMILES string of the molecule is CNC(Cc1ccoc1)C1(N(C)C)CCC(C)CC1. The summed E-state index contributed by atoms with van der Waals surface area (Å²) < 4.78 is 5.22. The van der Waals surface area contributed by atoms with Gasteiger partial charge >= 0.3 is 0 Å². The molecule has 3 nitrogen and oxygen atoms in total. The lowest BCUT2D eigenvalue weighted by molar-refractivity contribution is 0.0461. The molecule has 0 bridgehead atoms. The number of nitrogens with zero attached hydrogens (tertiary/aromatic N) is 1. The summed E-state index contributed by atoms with van der Waals surface area (Å²) in [5.41, 5.74) is 1.57. The average molecular weight is 264 g/mol. The molecule has 0 amide bonds. The normalized spacial score (nSPS) is 29.6. The molecule has 3 heteroatoms. The maximum atomic E-state index is 5.22. The molecule has 1 heterocycles. The Balaban J connectivity index is 2.16. The highest BCUT2D eigenvalue weighted by Gasteiger charge is 2.42. The molecule has 19 heavy (non-hydrogen) atoms. The molecule has 1 aromatic heterocycles. The molecule has 0 aromatic carbocycles. The van der Waals surface area contributed by atoms with Gasteiger partial charge in [-0.2, -0.15) is 0 Å². The maximum absolute atomic E-state index is 5.22. The number of nitrogens with one attached hydrogen (secondary N) is 1. The molecular formula is C16H28N2O. The number of hydrogen-bond acceptors (Lipinski definition) is 3. The molecule has 1 fully saturated rings. The summed E-state index contributed by atoms with van der Waals surface area (Å²) in [4.78, 5) is 2.44. The predicted octanol–water partition coefficient (Wildman–Crippen LogP) is 2.92. The van der Waals surface area contributed by atoms with Gasteiger partial charge in [-0.3, -0.25) is 0 Å². The molecule has 1 unspecified atom stereocenters. The molecular weight excluding hydrogens is 236 g/mol. The summed E-state index contributed by atoms with van der Waals surface area (Å²) in [5.74, 6) is 0.875. The molecule has 108 valence electrons. The standard InChI is InChI=1S/C16H28N2O/c1-13-5-8-16(9-6-13,18(3)4)15(17-2)11-14-7-10-19-12-14/h7,10,12-13,15,17H,5-6,8-9,11H2,1-4H3. The fraction of sp³-hybridized carbons (Fsp3) is 0.750. The van der Waals surface area contributed by atoms with Gasteiger partial charge in [0.2, 0.25) is 0 Å². The van der Waals surface area contributed by atoms with E-state index in [9.17, 15) is 0 Å². The highest BCUT2D eigenvalue weighted by Crippen LogP contribution is 2.38. The summed E-state index contributed by atoms with van der Waals surface area (Å²) in [6.07, 6.45) is 9.92. The van der Waals surface area contributed by atoms with Gasteiger partial charge in [-0.15, -0.1) is 0 Å². The van der Waals surface area contributed by atoms with Gasteiger partial charge in [0, 0.05) is 11.6 Å². The van der Waals surface area contributed by atoms with Gasteiger partial charge in [0.15, 0.2) is 0 Å². The highest BCUT2D eigenvalue weighted by molar-refractivity contribution is 5.12. The van der Waals surface area contributed by atoms with Crippen LogP contribution in [0.2, 0.25) is 0 Å². The number of rotatable bonds is 5. The first-order valence-electron chi connectivity index (χ1n) is 7.44. The third-order valence-electron chi connectivity index (χ3n) is 5.05. The van der Waals surface area contributed by atoms with Gasteiger partial charge in [-0.25, -0.2) is 0 Å². The Hall–Kier alpha value is -0.800. The van der Waals surface area contributed by atoms with Crippen molar-refractivity contribution in [3.63, 3.8) is 0 Å². The molecule has 2 rings (SSSR count). The summed E-state index contributed by atoms with van der Waals surface area (Å²) in [5, 5.41) is 3.56. The third kappa shape index (κ3) is 3.03.